The van der Waals surface area contributed by atoms with Crippen LogP contribution in [0, 0.1) is 0 Å². The van der Waals surface area contributed by atoms with Gasteiger partial charge in [-0.3, -0.25) is 4.79 Å². The molecule has 4 aromatic rings. The number of fused-ring (bicyclic) bond motifs is 2. The van der Waals surface area contributed by atoms with Crippen molar-refractivity contribution in [2.24, 2.45) is 0 Å². The molecule has 0 spiro atoms. The molecule has 2 amide bonds. The number of nitrogens with zero attached hydrogens (tertiary/aromatic N) is 1. The van der Waals surface area contributed by atoms with Crippen LogP contribution in [0.5, 0.6) is 11.5 Å². The van der Waals surface area contributed by atoms with Gasteiger partial charge in [0.15, 0.2) is 11.5 Å². The third-order valence-electron chi connectivity index (χ3n) is 5.84. The monoisotopic (exact) mass is 489 g/mol. The molecule has 35 heavy (non-hydrogen) atoms. The Bertz CT molecular complexity index is 1400. The summed E-state index contributed by atoms with van der Waals surface area (Å²) in [5.74, 6) is 1.25. The maximum atomic E-state index is 13.2. The van der Waals surface area contributed by atoms with E-state index in [2.05, 4.69) is 10.3 Å². The number of H-pyrrole nitrogens is 1. The molecule has 2 heterocycles. The van der Waals surface area contributed by atoms with E-state index in [0.29, 0.717) is 59.5 Å². The standard InChI is InChI=1S/C27H24ClN3O4/c28-21-6-8-22(9-7-21)29-27(33)31(11-10-18-4-2-1-3-5-18)17-20-14-19-15-24-25(35-13-12-34-24)16-23(19)30-26(20)32/h1-9,14-16H,10-13,17H2,(H,29,33)(H,30,32). The second-order valence-electron chi connectivity index (χ2n) is 8.30. The summed E-state index contributed by atoms with van der Waals surface area (Å²) in [6, 6.07) is 22.0. The molecule has 0 aliphatic carbocycles. The molecule has 0 fully saturated rings. The minimum absolute atomic E-state index is 0.145. The van der Waals surface area contributed by atoms with Crippen LogP contribution in [0.25, 0.3) is 10.9 Å². The van der Waals surface area contributed by atoms with Crippen LogP contribution < -0.4 is 20.3 Å². The largest absolute Gasteiger partial charge is 0.486 e. The lowest BCUT2D eigenvalue weighted by Gasteiger charge is -2.23. The summed E-state index contributed by atoms with van der Waals surface area (Å²) >= 11 is 5.97. The van der Waals surface area contributed by atoms with Crippen LogP contribution in [-0.2, 0) is 13.0 Å². The van der Waals surface area contributed by atoms with Gasteiger partial charge in [0.25, 0.3) is 5.56 Å². The highest BCUT2D eigenvalue weighted by molar-refractivity contribution is 6.30. The van der Waals surface area contributed by atoms with E-state index in [-0.39, 0.29) is 18.1 Å². The summed E-state index contributed by atoms with van der Waals surface area (Å²) in [5.41, 5.74) is 2.62. The molecular formula is C27H24ClN3O4. The van der Waals surface area contributed by atoms with Crippen LogP contribution >= 0.6 is 11.6 Å². The Balaban J connectivity index is 1.42. The van der Waals surface area contributed by atoms with Crippen LogP contribution in [0.2, 0.25) is 5.02 Å². The highest BCUT2D eigenvalue weighted by Crippen LogP contribution is 2.33. The van der Waals surface area contributed by atoms with E-state index in [4.69, 9.17) is 21.1 Å². The molecule has 1 aromatic heterocycles. The number of aromatic amines is 1. The number of carbonyl (C=O) groups excluding carboxylic acids is 1. The summed E-state index contributed by atoms with van der Waals surface area (Å²) in [5, 5.41) is 4.30. The van der Waals surface area contributed by atoms with Crippen LogP contribution in [-0.4, -0.2) is 35.7 Å². The fraction of sp³-hybridized carbons (Fsp3) is 0.185. The van der Waals surface area contributed by atoms with E-state index in [1.54, 1.807) is 41.3 Å². The summed E-state index contributed by atoms with van der Waals surface area (Å²) in [7, 11) is 0. The molecule has 0 bridgehead atoms. The molecule has 1 aliphatic rings. The molecule has 8 heteroatoms. The first-order valence-corrected chi connectivity index (χ1v) is 11.7. The lowest BCUT2D eigenvalue weighted by Crippen LogP contribution is -2.37. The van der Waals surface area contributed by atoms with E-state index >= 15 is 0 Å². The number of carbonyl (C=O) groups is 1. The van der Waals surface area contributed by atoms with Gasteiger partial charge < -0.3 is 24.7 Å². The third-order valence-corrected chi connectivity index (χ3v) is 6.09. The van der Waals surface area contributed by atoms with Crippen molar-refractivity contribution in [3.8, 4) is 11.5 Å². The Morgan fingerprint density at radius 1 is 0.971 bits per heavy atom. The second-order valence-corrected chi connectivity index (χ2v) is 8.74. The number of aromatic nitrogens is 1. The molecule has 0 unspecified atom stereocenters. The number of pyridine rings is 1. The zero-order chi connectivity index (χ0) is 24.2. The minimum atomic E-state index is -0.301. The van der Waals surface area contributed by atoms with Crippen molar-refractivity contribution >= 4 is 34.2 Å². The normalized spacial score (nSPS) is 12.4. The minimum Gasteiger partial charge on any atom is -0.486 e. The van der Waals surface area contributed by atoms with Crippen molar-refractivity contribution in [3.05, 3.63) is 99.3 Å². The van der Waals surface area contributed by atoms with Crippen LogP contribution in [0.15, 0.2) is 77.6 Å². The van der Waals surface area contributed by atoms with Crippen molar-refractivity contribution < 1.29 is 14.3 Å². The maximum absolute atomic E-state index is 13.2. The lowest BCUT2D eigenvalue weighted by molar-refractivity contribution is 0.172. The Morgan fingerprint density at radius 3 is 2.43 bits per heavy atom. The van der Waals surface area contributed by atoms with Gasteiger partial charge in [0.05, 0.1) is 12.1 Å². The fourth-order valence-electron chi connectivity index (χ4n) is 4.01. The first-order valence-electron chi connectivity index (χ1n) is 11.4. The van der Waals surface area contributed by atoms with Crippen molar-refractivity contribution in [1.82, 2.24) is 9.88 Å². The molecule has 2 N–H and O–H groups in total. The number of amides is 2. The van der Waals surface area contributed by atoms with Crippen LogP contribution in [0.4, 0.5) is 10.5 Å². The number of halogens is 1. The number of anilines is 1. The molecule has 0 saturated carbocycles. The molecule has 0 atom stereocenters. The number of ether oxygens (including phenoxy) is 2. The highest BCUT2D eigenvalue weighted by Gasteiger charge is 2.18. The number of urea groups is 1. The van der Waals surface area contributed by atoms with Crippen LogP contribution in [0.3, 0.4) is 0 Å². The van der Waals surface area contributed by atoms with Gasteiger partial charge >= 0.3 is 6.03 Å². The average molecular weight is 490 g/mol. The van der Waals surface area contributed by atoms with Crippen molar-refractivity contribution in [2.75, 3.05) is 25.1 Å². The van der Waals surface area contributed by atoms with Gasteiger partial charge in [0, 0.05) is 34.3 Å². The number of nitrogens with one attached hydrogen (secondary N) is 2. The first kappa shape index (κ1) is 22.8. The zero-order valence-electron chi connectivity index (χ0n) is 18.9. The predicted octanol–water partition coefficient (Wildman–Crippen LogP) is 5.23. The van der Waals surface area contributed by atoms with Gasteiger partial charge in [-0.2, -0.15) is 0 Å². The first-order chi connectivity index (χ1) is 17.0. The molecule has 7 nitrogen and oxygen atoms in total. The van der Waals surface area contributed by atoms with Gasteiger partial charge in [0.1, 0.15) is 13.2 Å². The van der Waals surface area contributed by atoms with E-state index in [9.17, 15) is 9.59 Å². The molecule has 1 aliphatic heterocycles. The second kappa shape index (κ2) is 10.1. The predicted molar refractivity (Wildman–Crippen MR) is 137 cm³/mol. The number of benzene rings is 3. The quantitative estimate of drug-likeness (QED) is 0.388. The Labute approximate surface area is 207 Å². The molecule has 3 aromatic carbocycles. The smallest absolute Gasteiger partial charge is 0.322 e. The number of rotatable bonds is 6. The van der Waals surface area contributed by atoms with Gasteiger partial charge in [-0.15, -0.1) is 0 Å². The average Bonchev–Trinajstić information content (AvgIpc) is 2.87. The SMILES string of the molecule is O=C(Nc1ccc(Cl)cc1)N(CCc1ccccc1)Cc1cc2cc3c(cc2[nH]c1=O)OCCO3. The number of hydrogen-bond acceptors (Lipinski definition) is 4. The van der Waals surface area contributed by atoms with Gasteiger partial charge in [-0.05, 0) is 48.4 Å². The van der Waals surface area contributed by atoms with Crippen molar-refractivity contribution in [3.63, 3.8) is 0 Å². The van der Waals surface area contributed by atoms with E-state index in [1.165, 1.54) is 0 Å². The molecule has 178 valence electrons. The highest BCUT2D eigenvalue weighted by atomic mass is 35.5. The third kappa shape index (κ3) is 5.41. The Hall–Kier alpha value is -3.97. The van der Waals surface area contributed by atoms with E-state index < -0.39 is 0 Å². The fourth-order valence-corrected chi connectivity index (χ4v) is 4.13. The molecule has 0 radical (unpaired) electrons. The summed E-state index contributed by atoms with van der Waals surface area (Å²) in [6.07, 6.45) is 0.652. The van der Waals surface area contributed by atoms with Gasteiger partial charge in [-0.1, -0.05) is 41.9 Å². The zero-order valence-corrected chi connectivity index (χ0v) is 19.7. The molecular weight excluding hydrogens is 466 g/mol. The Morgan fingerprint density at radius 2 is 1.69 bits per heavy atom. The van der Waals surface area contributed by atoms with Gasteiger partial charge in [0.2, 0.25) is 0 Å². The molecule has 5 rings (SSSR count). The van der Waals surface area contributed by atoms with Crippen molar-refractivity contribution in [1.29, 1.82) is 0 Å². The molecule has 0 saturated heterocycles. The van der Waals surface area contributed by atoms with Crippen molar-refractivity contribution in [2.45, 2.75) is 13.0 Å². The summed E-state index contributed by atoms with van der Waals surface area (Å²) in [4.78, 5) is 30.7. The van der Waals surface area contributed by atoms with Gasteiger partial charge in [-0.25, -0.2) is 4.79 Å². The Kier molecular flexibility index (Phi) is 6.59. The topological polar surface area (TPSA) is 83.7 Å². The van der Waals surface area contributed by atoms with E-state index in [1.807, 2.05) is 36.4 Å². The van der Waals surface area contributed by atoms with E-state index in [0.717, 1.165) is 10.9 Å². The van der Waals surface area contributed by atoms with Crippen LogP contribution in [0.1, 0.15) is 11.1 Å². The summed E-state index contributed by atoms with van der Waals surface area (Å²) < 4.78 is 11.3. The lowest BCUT2D eigenvalue weighted by atomic mass is 10.1. The summed E-state index contributed by atoms with van der Waals surface area (Å²) in [6.45, 7) is 1.53. The number of hydrogen-bond donors (Lipinski definition) is 2. The maximum Gasteiger partial charge on any atom is 0.322 e.